The molecule has 238 valence electrons. The molecule has 0 aliphatic carbocycles. The summed E-state index contributed by atoms with van der Waals surface area (Å²) in [6.07, 6.45) is 1.19. The van der Waals surface area contributed by atoms with Crippen molar-refractivity contribution in [2.24, 2.45) is 0 Å². The molecule has 0 aliphatic heterocycles. The SMILES string of the molecule is CC(Sc1ccc(NC(=O)/C(=C/c2c(F)cccc2Cl)NC(=O)c2ccccc2)cc1)C(=O)Nc1nc(-c2ccc(Cl)c(Cl)c2)cs1. The average molecular weight is 726 g/mol. The van der Waals surface area contributed by atoms with Gasteiger partial charge in [-0.1, -0.05) is 65.1 Å². The molecule has 1 heterocycles. The first kappa shape index (κ1) is 34.2. The number of thioether (sulfide) groups is 1. The van der Waals surface area contributed by atoms with E-state index >= 15 is 0 Å². The zero-order chi connectivity index (χ0) is 33.5. The summed E-state index contributed by atoms with van der Waals surface area (Å²) in [5.74, 6) is -2.14. The summed E-state index contributed by atoms with van der Waals surface area (Å²) in [4.78, 5) is 44.3. The third-order valence-electron chi connectivity index (χ3n) is 6.56. The second-order valence-electron chi connectivity index (χ2n) is 9.91. The van der Waals surface area contributed by atoms with E-state index in [0.29, 0.717) is 32.1 Å². The van der Waals surface area contributed by atoms with Crippen LogP contribution < -0.4 is 16.0 Å². The number of nitrogens with zero attached hydrogens (tertiary/aromatic N) is 1. The van der Waals surface area contributed by atoms with Gasteiger partial charge in [-0.3, -0.25) is 14.4 Å². The molecule has 13 heteroatoms. The first-order valence-electron chi connectivity index (χ1n) is 13.9. The third kappa shape index (κ3) is 9.00. The summed E-state index contributed by atoms with van der Waals surface area (Å²) in [5.41, 5.74) is 1.91. The maximum atomic E-state index is 14.6. The predicted octanol–water partition coefficient (Wildman–Crippen LogP) is 9.44. The highest BCUT2D eigenvalue weighted by molar-refractivity contribution is 8.00. The highest BCUT2D eigenvalue weighted by Crippen LogP contribution is 2.31. The minimum atomic E-state index is -0.689. The van der Waals surface area contributed by atoms with Crippen LogP contribution in [0.3, 0.4) is 0 Å². The molecule has 47 heavy (non-hydrogen) atoms. The molecule has 5 aromatic rings. The number of carbonyl (C=O) groups is 3. The van der Waals surface area contributed by atoms with E-state index in [-0.39, 0.29) is 22.2 Å². The molecule has 1 unspecified atom stereocenters. The minimum Gasteiger partial charge on any atom is -0.321 e. The van der Waals surface area contributed by atoms with Gasteiger partial charge in [0, 0.05) is 32.7 Å². The van der Waals surface area contributed by atoms with Crippen molar-refractivity contribution < 1.29 is 18.8 Å². The van der Waals surface area contributed by atoms with Crippen LogP contribution in [0.1, 0.15) is 22.8 Å². The molecule has 7 nitrogen and oxygen atoms in total. The number of carbonyl (C=O) groups excluding carboxylic acids is 3. The lowest BCUT2D eigenvalue weighted by Crippen LogP contribution is -2.30. The lowest BCUT2D eigenvalue weighted by molar-refractivity contribution is -0.115. The third-order valence-corrected chi connectivity index (χ3v) is 9.50. The Hall–Kier alpha value is -4.19. The zero-order valence-corrected chi connectivity index (χ0v) is 28.3. The van der Waals surface area contributed by atoms with Gasteiger partial charge in [0.25, 0.3) is 11.8 Å². The van der Waals surface area contributed by atoms with Crippen molar-refractivity contribution in [1.82, 2.24) is 10.3 Å². The Morgan fingerprint density at radius 2 is 1.62 bits per heavy atom. The van der Waals surface area contributed by atoms with Gasteiger partial charge in [-0.05, 0) is 73.7 Å². The standard InChI is InChI=1S/C34H24Cl3FN4O3S2/c1-19(31(43)42-34-41-30(18-46-34)21-10-15-26(36)27(37)16-21)47-23-13-11-22(12-14-23)39-33(45)29(17-24-25(35)8-5-9-28(24)38)40-32(44)20-6-3-2-4-7-20/h2-19H,1H3,(H,39,45)(H,40,44)(H,41,42,43)/b29-17-. The molecular weight excluding hydrogens is 702 g/mol. The lowest BCUT2D eigenvalue weighted by atomic mass is 10.1. The van der Waals surface area contributed by atoms with Gasteiger partial charge in [0.05, 0.1) is 26.0 Å². The second-order valence-corrected chi connectivity index (χ2v) is 13.4. The highest BCUT2D eigenvalue weighted by atomic mass is 35.5. The van der Waals surface area contributed by atoms with E-state index in [1.54, 1.807) is 79.7 Å². The molecule has 0 aliphatic rings. The van der Waals surface area contributed by atoms with E-state index in [2.05, 4.69) is 20.9 Å². The van der Waals surface area contributed by atoms with E-state index in [1.807, 2.05) is 5.38 Å². The van der Waals surface area contributed by atoms with Gasteiger partial charge < -0.3 is 16.0 Å². The number of nitrogens with one attached hydrogen (secondary N) is 3. The zero-order valence-electron chi connectivity index (χ0n) is 24.4. The van der Waals surface area contributed by atoms with Crippen LogP contribution in [0.2, 0.25) is 15.1 Å². The first-order valence-corrected chi connectivity index (χ1v) is 16.8. The Kier molecular flexibility index (Phi) is 11.3. The highest BCUT2D eigenvalue weighted by Gasteiger charge is 2.19. The topological polar surface area (TPSA) is 100 Å². The van der Waals surface area contributed by atoms with Crippen LogP contribution >= 0.6 is 57.9 Å². The number of benzene rings is 4. The molecule has 1 atom stereocenters. The van der Waals surface area contributed by atoms with Crippen LogP contribution in [0.5, 0.6) is 0 Å². The summed E-state index contributed by atoms with van der Waals surface area (Å²) < 4.78 is 14.6. The molecule has 0 saturated carbocycles. The smallest absolute Gasteiger partial charge is 0.272 e. The molecule has 1 aromatic heterocycles. The van der Waals surface area contributed by atoms with E-state index in [0.717, 1.165) is 10.5 Å². The van der Waals surface area contributed by atoms with E-state index in [9.17, 15) is 18.8 Å². The van der Waals surface area contributed by atoms with Crippen molar-refractivity contribution in [2.75, 3.05) is 10.6 Å². The quantitative estimate of drug-likeness (QED) is 0.0984. The maximum absolute atomic E-state index is 14.6. The summed E-state index contributed by atoms with van der Waals surface area (Å²) in [7, 11) is 0. The Bertz CT molecular complexity index is 1950. The van der Waals surface area contributed by atoms with Crippen LogP contribution in [0.25, 0.3) is 17.3 Å². The molecule has 3 N–H and O–H groups in total. The Labute approximate surface area is 293 Å². The van der Waals surface area contributed by atoms with Gasteiger partial charge in [-0.2, -0.15) is 0 Å². The van der Waals surface area contributed by atoms with Gasteiger partial charge >= 0.3 is 0 Å². The van der Waals surface area contributed by atoms with E-state index in [1.165, 1.54) is 47.4 Å². The van der Waals surface area contributed by atoms with Crippen LogP contribution in [-0.4, -0.2) is 28.0 Å². The molecule has 5 rings (SSSR count). The molecule has 0 bridgehead atoms. The van der Waals surface area contributed by atoms with Gasteiger partial charge in [-0.25, -0.2) is 9.37 Å². The van der Waals surface area contributed by atoms with Crippen LogP contribution in [0.4, 0.5) is 15.2 Å². The van der Waals surface area contributed by atoms with Crippen molar-refractivity contribution in [3.8, 4) is 11.3 Å². The van der Waals surface area contributed by atoms with E-state index < -0.39 is 22.9 Å². The van der Waals surface area contributed by atoms with Gasteiger partial charge in [0.15, 0.2) is 5.13 Å². The van der Waals surface area contributed by atoms with Gasteiger partial charge in [-0.15, -0.1) is 23.1 Å². The van der Waals surface area contributed by atoms with Crippen molar-refractivity contribution in [1.29, 1.82) is 0 Å². The normalized spacial score (nSPS) is 11.9. The molecule has 3 amide bonds. The number of amides is 3. The number of hydrogen-bond donors (Lipinski definition) is 3. The molecule has 0 radical (unpaired) electrons. The van der Waals surface area contributed by atoms with Crippen molar-refractivity contribution >= 4 is 92.5 Å². The number of halogens is 4. The first-order chi connectivity index (χ1) is 22.6. The molecule has 0 saturated heterocycles. The fourth-order valence-corrected chi connectivity index (χ4v) is 6.24. The number of hydrogen-bond acceptors (Lipinski definition) is 6. The molecule has 0 fully saturated rings. The predicted molar refractivity (Wildman–Crippen MR) is 190 cm³/mol. The van der Waals surface area contributed by atoms with Crippen molar-refractivity contribution in [3.63, 3.8) is 0 Å². The Morgan fingerprint density at radius 1 is 0.872 bits per heavy atom. The Morgan fingerprint density at radius 3 is 2.32 bits per heavy atom. The second kappa shape index (κ2) is 15.6. The van der Waals surface area contributed by atoms with Gasteiger partial charge in [0.2, 0.25) is 5.91 Å². The average Bonchev–Trinajstić information content (AvgIpc) is 3.53. The van der Waals surface area contributed by atoms with Crippen molar-refractivity contribution in [2.45, 2.75) is 17.1 Å². The lowest BCUT2D eigenvalue weighted by Gasteiger charge is -2.13. The number of thiazole rings is 1. The summed E-state index contributed by atoms with van der Waals surface area (Å²) >= 11 is 20.9. The van der Waals surface area contributed by atoms with Gasteiger partial charge in [0.1, 0.15) is 11.5 Å². The van der Waals surface area contributed by atoms with Crippen LogP contribution in [0.15, 0.2) is 107 Å². The minimum absolute atomic E-state index is 0.0463. The monoisotopic (exact) mass is 724 g/mol. The molecule has 4 aromatic carbocycles. The summed E-state index contributed by atoms with van der Waals surface area (Å²) in [5, 5.41) is 10.8. The number of rotatable bonds is 10. The van der Waals surface area contributed by atoms with E-state index in [4.69, 9.17) is 34.8 Å². The number of anilines is 2. The number of aromatic nitrogens is 1. The maximum Gasteiger partial charge on any atom is 0.272 e. The fourth-order valence-electron chi connectivity index (χ4n) is 4.13. The molecule has 0 spiro atoms. The summed E-state index contributed by atoms with van der Waals surface area (Å²) in [6, 6.07) is 24.4. The van der Waals surface area contributed by atoms with Crippen LogP contribution in [-0.2, 0) is 9.59 Å². The van der Waals surface area contributed by atoms with Crippen molar-refractivity contribution in [3.05, 3.63) is 134 Å². The van der Waals surface area contributed by atoms with Crippen LogP contribution in [0, 0.1) is 5.82 Å². The molecular formula is C34H24Cl3FN4O3S2. The largest absolute Gasteiger partial charge is 0.321 e. The summed E-state index contributed by atoms with van der Waals surface area (Å²) in [6.45, 7) is 1.77. The Balaban J connectivity index is 1.23. The fraction of sp³-hybridized carbons (Fsp3) is 0.0588.